The van der Waals surface area contributed by atoms with Crippen molar-refractivity contribution in [3.63, 3.8) is 0 Å². The third-order valence-corrected chi connectivity index (χ3v) is 6.18. The Morgan fingerprint density at radius 3 is 2.24 bits per heavy atom. The largest absolute Gasteiger partial charge is 0.349 e. The predicted molar refractivity (Wildman–Crippen MR) is 81.7 cm³/mol. The minimum Gasteiger partial charge on any atom is -0.349 e. The first kappa shape index (κ1) is 13.3. The van der Waals surface area contributed by atoms with E-state index in [0.29, 0.717) is 12.0 Å². The van der Waals surface area contributed by atoms with Crippen LogP contribution in [0.3, 0.4) is 0 Å². The summed E-state index contributed by atoms with van der Waals surface area (Å²) in [6, 6.07) is 3.87. The third-order valence-electron chi connectivity index (χ3n) is 6.18. The maximum absolute atomic E-state index is 12.4. The van der Waals surface area contributed by atoms with Crippen LogP contribution in [0.1, 0.15) is 49.4 Å². The number of hydrogen-bond acceptors (Lipinski definition) is 2. The van der Waals surface area contributed by atoms with Gasteiger partial charge in [-0.2, -0.15) is 0 Å². The van der Waals surface area contributed by atoms with Gasteiger partial charge in [-0.25, -0.2) is 0 Å². The molecule has 0 spiro atoms. The number of amides is 1. The second-order valence-corrected chi connectivity index (χ2v) is 7.51. The lowest BCUT2D eigenvalue weighted by Gasteiger charge is -2.56. The molecule has 4 saturated carbocycles. The van der Waals surface area contributed by atoms with Crippen LogP contribution >= 0.6 is 0 Å². The molecule has 0 saturated heterocycles. The highest BCUT2D eigenvalue weighted by molar-refractivity contribution is 5.94. The number of rotatable bonds is 3. The number of nitrogens with one attached hydrogen (secondary N) is 1. The zero-order valence-corrected chi connectivity index (χ0v) is 12.7. The van der Waals surface area contributed by atoms with Crippen LogP contribution in [0.2, 0.25) is 0 Å². The van der Waals surface area contributed by atoms with Gasteiger partial charge in [0.25, 0.3) is 5.91 Å². The lowest BCUT2D eigenvalue weighted by Crippen LogP contribution is -2.53. The van der Waals surface area contributed by atoms with Crippen LogP contribution in [-0.4, -0.2) is 16.9 Å². The molecule has 112 valence electrons. The highest BCUT2D eigenvalue weighted by atomic mass is 16.1. The summed E-state index contributed by atoms with van der Waals surface area (Å²) in [4.78, 5) is 16.3. The Labute approximate surface area is 126 Å². The predicted octanol–water partition coefficient (Wildman–Crippen LogP) is 3.27. The fraction of sp³-hybridized carbons (Fsp3) is 0.667. The molecule has 5 rings (SSSR count). The van der Waals surface area contributed by atoms with E-state index < -0.39 is 0 Å². The molecule has 4 aliphatic rings. The first-order valence-corrected chi connectivity index (χ1v) is 8.41. The fourth-order valence-electron chi connectivity index (χ4n) is 5.67. The first-order valence-electron chi connectivity index (χ1n) is 8.41. The Bertz CT molecular complexity index is 499. The van der Waals surface area contributed by atoms with Gasteiger partial charge >= 0.3 is 0 Å². The Balaban J connectivity index is 1.46. The van der Waals surface area contributed by atoms with Gasteiger partial charge in [-0.15, -0.1) is 0 Å². The number of nitrogens with zero attached hydrogens (tertiary/aromatic N) is 1. The van der Waals surface area contributed by atoms with Crippen molar-refractivity contribution in [1.82, 2.24) is 10.3 Å². The monoisotopic (exact) mass is 284 g/mol. The maximum atomic E-state index is 12.4. The summed E-state index contributed by atoms with van der Waals surface area (Å²) in [7, 11) is 0. The first-order chi connectivity index (χ1) is 10.2. The van der Waals surface area contributed by atoms with Crippen LogP contribution in [0, 0.1) is 29.6 Å². The normalized spacial score (nSPS) is 38.2. The van der Waals surface area contributed by atoms with Crippen LogP contribution in [0.5, 0.6) is 0 Å². The molecule has 0 aromatic carbocycles. The van der Waals surface area contributed by atoms with Crippen molar-refractivity contribution >= 4 is 5.91 Å². The van der Waals surface area contributed by atoms with E-state index in [4.69, 9.17) is 0 Å². The Kier molecular flexibility index (Phi) is 3.24. The van der Waals surface area contributed by atoms with E-state index in [1.54, 1.807) is 24.5 Å². The zero-order chi connectivity index (χ0) is 14.4. The molecular formula is C18H24N2O. The maximum Gasteiger partial charge on any atom is 0.251 e. The quantitative estimate of drug-likeness (QED) is 0.925. The van der Waals surface area contributed by atoms with Crippen molar-refractivity contribution in [2.45, 2.75) is 45.1 Å². The van der Waals surface area contributed by atoms with E-state index in [-0.39, 0.29) is 5.91 Å². The van der Waals surface area contributed by atoms with Crippen LogP contribution < -0.4 is 5.32 Å². The molecule has 4 fully saturated rings. The lowest BCUT2D eigenvalue weighted by molar-refractivity contribution is -0.0480. The van der Waals surface area contributed by atoms with Crippen molar-refractivity contribution < 1.29 is 4.79 Å². The fourth-order valence-corrected chi connectivity index (χ4v) is 5.67. The van der Waals surface area contributed by atoms with Gasteiger partial charge in [0.1, 0.15) is 0 Å². The van der Waals surface area contributed by atoms with Crippen LogP contribution in [0.15, 0.2) is 24.5 Å². The van der Waals surface area contributed by atoms with Crippen molar-refractivity contribution in [3.8, 4) is 0 Å². The molecule has 3 heteroatoms. The van der Waals surface area contributed by atoms with Crippen LogP contribution in [0.4, 0.5) is 0 Å². The Hall–Kier alpha value is -1.38. The molecule has 1 amide bonds. The van der Waals surface area contributed by atoms with E-state index in [1.165, 1.54) is 32.1 Å². The van der Waals surface area contributed by atoms with Gasteiger partial charge in [0, 0.05) is 24.0 Å². The van der Waals surface area contributed by atoms with E-state index in [2.05, 4.69) is 17.2 Å². The number of carbonyl (C=O) groups excluding carboxylic acids is 1. The van der Waals surface area contributed by atoms with Gasteiger partial charge in [-0.05, 0) is 80.8 Å². The summed E-state index contributed by atoms with van der Waals surface area (Å²) in [5.41, 5.74) is 0.723. The summed E-state index contributed by atoms with van der Waals surface area (Å²) in [6.07, 6.45) is 10.5. The van der Waals surface area contributed by atoms with Crippen molar-refractivity contribution in [1.29, 1.82) is 0 Å². The third kappa shape index (κ3) is 2.37. The van der Waals surface area contributed by atoms with Gasteiger partial charge < -0.3 is 5.32 Å². The van der Waals surface area contributed by atoms with E-state index >= 15 is 0 Å². The van der Waals surface area contributed by atoms with Crippen molar-refractivity contribution in [2.24, 2.45) is 29.6 Å². The topological polar surface area (TPSA) is 42.0 Å². The van der Waals surface area contributed by atoms with E-state index in [1.807, 2.05) is 0 Å². The number of carbonyl (C=O) groups is 1. The van der Waals surface area contributed by atoms with E-state index in [0.717, 1.165) is 29.2 Å². The number of pyridine rings is 1. The van der Waals surface area contributed by atoms with Crippen molar-refractivity contribution in [2.75, 3.05) is 0 Å². The lowest BCUT2D eigenvalue weighted by atomic mass is 9.50. The van der Waals surface area contributed by atoms with Gasteiger partial charge in [0.2, 0.25) is 0 Å². The summed E-state index contributed by atoms with van der Waals surface area (Å²) in [5.74, 6) is 4.45. The molecule has 0 aliphatic heterocycles. The second kappa shape index (κ2) is 5.11. The molecule has 1 heterocycles. The molecule has 4 bridgehead atoms. The zero-order valence-electron chi connectivity index (χ0n) is 12.7. The summed E-state index contributed by atoms with van der Waals surface area (Å²) >= 11 is 0. The summed E-state index contributed by atoms with van der Waals surface area (Å²) < 4.78 is 0. The smallest absolute Gasteiger partial charge is 0.251 e. The summed E-state index contributed by atoms with van der Waals surface area (Å²) in [6.45, 7) is 2.21. The molecule has 1 N–H and O–H groups in total. The Morgan fingerprint density at radius 2 is 1.67 bits per heavy atom. The molecule has 3 nitrogen and oxygen atoms in total. The van der Waals surface area contributed by atoms with Crippen molar-refractivity contribution in [3.05, 3.63) is 30.1 Å². The number of hydrogen-bond donors (Lipinski definition) is 1. The van der Waals surface area contributed by atoms with Gasteiger partial charge in [-0.1, -0.05) is 0 Å². The molecular weight excluding hydrogens is 260 g/mol. The Morgan fingerprint density at radius 1 is 1.10 bits per heavy atom. The standard InChI is InChI=1S/C18H24N2O/c1-11(20-18(21)14-2-4-19-5-3-14)17-15-7-12-6-13(9-15)10-16(17)8-12/h2-5,11-13,15-17H,6-10H2,1H3,(H,20,21). The highest BCUT2D eigenvalue weighted by Crippen LogP contribution is 2.57. The minimum absolute atomic E-state index is 0.0544. The minimum atomic E-state index is 0.0544. The second-order valence-electron chi connectivity index (χ2n) is 7.51. The average Bonchev–Trinajstić information content (AvgIpc) is 2.47. The molecule has 1 atom stereocenters. The highest BCUT2D eigenvalue weighted by Gasteiger charge is 2.49. The number of aromatic nitrogens is 1. The van der Waals surface area contributed by atoms with Crippen LogP contribution in [-0.2, 0) is 0 Å². The molecule has 0 radical (unpaired) electrons. The molecule has 1 aromatic heterocycles. The molecule has 1 aromatic rings. The van der Waals surface area contributed by atoms with Gasteiger partial charge in [0.15, 0.2) is 0 Å². The molecule has 4 aliphatic carbocycles. The summed E-state index contributed by atoms with van der Waals surface area (Å²) in [5, 5.41) is 3.26. The van der Waals surface area contributed by atoms with Gasteiger partial charge in [-0.3, -0.25) is 9.78 Å². The SMILES string of the molecule is CC(NC(=O)c1ccncc1)C1C2CC3CC(C2)CC1C3. The molecule has 1 unspecified atom stereocenters. The van der Waals surface area contributed by atoms with Crippen LogP contribution in [0.25, 0.3) is 0 Å². The molecule has 21 heavy (non-hydrogen) atoms. The average molecular weight is 284 g/mol. The van der Waals surface area contributed by atoms with Gasteiger partial charge in [0.05, 0.1) is 0 Å². The van der Waals surface area contributed by atoms with E-state index in [9.17, 15) is 4.79 Å².